The molecule has 0 aliphatic carbocycles. The minimum Gasteiger partial charge on any atom is -0.493 e. The van der Waals surface area contributed by atoms with Crippen LogP contribution in [-0.2, 0) is 6.42 Å². The van der Waals surface area contributed by atoms with Crippen LogP contribution in [0.1, 0.15) is 15.9 Å². The highest BCUT2D eigenvalue weighted by molar-refractivity contribution is 6.30. The van der Waals surface area contributed by atoms with Crippen molar-refractivity contribution in [1.82, 2.24) is 9.80 Å². The molecule has 1 amide bonds. The van der Waals surface area contributed by atoms with E-state index in [4.69, 9.17) is 21.1 Å². The number of rotatable bonds is 6. The number of hydrogen-bond donors (Lipinski definition) is 0. The Kier molecular flexibility index (Phi) is 6.58. The van der Waals surface area contributed by atoms with Crippen LogP contribution in [0.5, 0.6) is 11.5 Å². The lowest BCUT2D eigenvalue weighted by atomic mass is 10.1. The molecule has 1 aliphatic heterocycles. The van der Waals surface area contributed by atoms with Gasteiger partial charge in [0.2, 0.25) is 0 Å². The first-order valence-corrected chi connectivity index (χ1v) is 9.46. The van der Waals surface area contributed by atoms with Gasteiger partial charge in [-0.05, 0) is 48.4 Å². The second-order valence-corrected chi connectivity index (χ2v) is 7.02. The number of nitrogens with zero attached hydrogens (tertiary/aromatic N) is 2. The summed E-state index contributed by atoms with van der Waals surface area (Å²) in [4.78, 5) is 16.9. The van der Waals surface area contributed by atoms with Gasteiger partial charge >= 0.3 is 0 Å². The molecule has 0 radical (unpaired) electrons. The maximum Gasteiger partial charge on any atom is 0.253 e. The van der Waals surface area contributed by atoms with Gasteiger partial charge in [-0.3, -0.25) is 9.69 Å². The highest BCUT2D eigenvalue weighted by atomic mass is 35.5. The predicted molar refractivity (Wildman–Crippen MR) is 107 cm³/mol. The number of carbonyl (C=O) groups excluding carboxylic acids is 1. The van der Waals surface area contributed by atoms with E-state index in [0.29, 0.717) is 10.6 Å². The monoisotopic (exact) mass is 388 g/mol. The van der Waals surface area contributed by atoms with Crippen molar-refractivity contribution in [2.24, 2.45) is 0 Å². The van der Waals surface area contributed by atoms with Crippen molar-refractivity contribution < 1.29 is 14.3 Å². The first kappa shape index (κ1) is 19.5. The van der Waals surface area contributed by atoms with Crippen LogP contribution >= 0.6 is 11.6 Å². The molecule has 0 spiro atoms. The molecule has 0 unspecified atom stereocenters. The van der Waals surface area contributed by atoms with Crippen molar-refractivity contribution in [3.63, 3.8) is 0 Å². The van der Waals surface area contributed by atoms with Crippen molar-refractivity contribution in [2.75, 3.05) is 46.9 Å². The fourth-order valence-electron chi connectivity index (χ4n) is 3.27. The number of piperazine rings is 1. The maximum atomic E-state index is 12.6. The van der Waals surface area contributed by atoms with E-state index < -0.39 is 0 Å². The largest absolute Gasteiger partial charge is 0.493 e. The summed E-state index contributed by atoms with van der Waals surface area (Å²) in [6.07, 6.45) is 0.936. The summed E-state index contributed by atoms with van der Waals surface area (Å²) < 4.78 is 10.7. The zero-order valence-electron chi connectivity index (χ0n) is 15.8. The highest BCUT2D eigenvalue weighted by Crippen LogP contribution is 2.27. The summed E-state index contributed by atoms with van der Waals surface area (Å²) in [5.41, 5.74) is 1.91. The lowest BCUT2D eigenvalue weighted by Crippen LogP contribution is -2.49. The van der Waals surface area contributed by atoms with Gasteiger partial charge in [0.15, 0.2) is 11.5 Å². The lowest BCUT2D eigenvalue weighted by molar-refractivity contribution is 0.0638. The molecular weight excluding hydrogens is 364 g/mol. The highest BCUT2D eigenvalue weighted by Gasteiger charge is 2.22. The molecule has 1 aliphatic rings. The Morgan fingerprint density at radius 1 is 0.963 bits per heavy atom. The lowest BCUT2D eigenvalue weighted by Gasteiger charge is -2.34. The van der Waals surface area contributed by atoms with Gasteiger partial charge in [0.1, 0.15) is 0 Å². The van der Waals surface area contributed by atoms with Crippen LogP contribution in [-0.4, -0.2) is 62.7 Å². The molecule has 1 saturated heterocycles. The SMILES string of the molecule is COc1ccc(CCN2CCN(C(=O)c3ccc(Cl)cc3)CC2)cc1OC. The Bertz CT molecular complexity index is 771. The fraction of sp³-hybridized carbons (Fsp3) is 0.381. The number of halogens is 1. The molecule has 2 aromatic carbocycles. The van der Waals surface area contributed by atoms with E-state index in [9.17, 15) is 4.79 Å². The van der Waals surface area contributed by atoms with Crippen LogP contribution in [0.15, 0.2) is 42.5 Å². The Morgan fingerprint density at radius 3 is 2.26 bits per heavy atom. The number of hydrogen-bond acceptors (Lipinski definition) is 4. The minimum absolute atomic E-state index is 0.0752. The van der Waals surface area contributed by atoms with Crippen LogP contribution in [0, 0.1) is 0 Å². The van der Waals surface area contributed by atoms with Crippen molar-refractivity contribution in [1.29, 1.82) is 0 Å². The Labute approximate surface area is 165 Å². The van der Waals surface area contributed by atoms with Gasteiger partial charge in [-0.25, -0.2) is 0 Å². The van der Waals surface area contributed by atoms with Crippen molar-refractivity contribution in [3.05, 3.63) is 58.6 Å². The van der Waals surface area contributed by atoms with Crippen LogP contribution in [0.2, 0.25) is 5.02 Å². The average molecular weight is 389 g/mol. The summed E-state index contributed by atoms with van der Waals surface area (Å²) in [6, 6.07) is 13.1. The summed E-state index contributed by atoms with van der Waals surface area (Å²) >= 11 is 5.90. The van der Waals surface area contributed by atoms with Crippen molar-refractivity contribution in [2.45, 2.75) is 6.42 Å². The smallest absolute Gasteiger partial charge is 0.253 e. The standard InChI is InChI=1S/C21H25ClN2O3/c1-26-19-8-3-16(15-20(19)27-2)9-10-23-11-13-24(14-12-23)21(25)17-4-6-18(22)7-5-17/h3-8,15H,9-14H2,1-2H3. The first-order chi connectivity index (χ1) is 13.1. The molecule has 1 fully saturated rings. The molecule has 0 saturated carbocycles. The zero-order chi connectivity index (χ0) is 19.2. The normalized spacial score (nSPS) is 14.9. The average Bonchev–Trinajstić information content (AvgIpc) is 2.72. The Balaban J connectivity index is 1.49. The molecule has 27 heavy (non-hydrogen) atoms. The quantitative estimate of drug-likeness (QED) is 0.761. The number of methoxy groups -OCH3 is 2. The summed E-state index contributed by atoms with van der Waals surface area (Å²) in [5.74, 6) is 1.58. The predicted octanol–water partition coefficient (Wildman–Crippen LogP) is 3.36. The van der Waals surface area contributed by atoms with Crippen molar-refractivity contribution in [3.8, 4) is 11.5 Å². The van der Waals surface area contributed by atoms with Gasteiger partial charge in [-0.1, -0.05) is 17.7 Å². The molecule has 0 atom stereocenters. The number of carbonyl (C=O) groups is 1. The molecule has 5 nitrogen and oxygen atoms in total. The third kappa shape index (κ3) is 4.93. The van der Waals surface area contributed by atoms with Gasteiger partial charge in [-0.15, -0.1) is 0 Å². The van der Waals surface area contributed by atoms with E-state index in [0.717, 1.165) is 50.6 Å². The van der Waals surface area contributed by atoms with Crippen LogP contribution in [0.3, 0.4) is 0 Å². The Morgan fingerprint density at radius 2 is 1.63 bits per heavy atom. The van der Waals surface area contributed by atoms with Crippen LogP contribution in [0.4, 0.5) is 0 Å². The molecule has 1 heterocycles. The fourth-order valence-corrected chi connectivity index (χ4v) is 3.40. The summed E-state index contributed by atoms with van der Waals surface area (Å²) in [7, 11) is 3.29. The number of ether oxygens (including phenoxy) is 2. The third-order valence-electron chi connectivity index (χ3n) is 4.92. The second-order valence-electron chi connectivity index (χ2n) is 6.58. The zero-order valence-corrected chi connectivity index (χ0v) is 16.5. The maximum absolute atomic E-state index is 12.6. The molecule has 144 valence electrons. The molecule has 0 aromatic heterocycles. The van der Waals surface area contributed by atoms with Crippen molar-refractivity contribution >= 4 is 17.5 Å². The van der Waals surface area contributed by atoms with Crippen LogP contribution < -0.4 is 9.47 Å². The van der Waals surface area contributed by atoms with E-state index in [1.54, 1.807) is 38.5 Å². The number of benzene rings is 2. The van der Waals surface area contributed by atoms with E-state index >= 15 is 0 Å². The summed E-state index contributed by atoms with van der Waals surface area (Å²) in [6.45, 7) is 4.21. The van der Waals surface area contributed by atoms with E-state index in [1.807, 2.05) is 17.0 Å². The number of amides is 1. The third-order valence-corrected chi connectivity index (χ3v) is 5.17. The first-order valence-electron chi connectivity index (χ1n) is 9.09. The van der Waals surface area contributed by atoms with Gasteiger partial charge in [0, 0.05) is 43.3 Å². The van der Waals surface area contributed by atoms with Gasteiger partial charge in [-0.2, -0.15) is 0 Å². The molecule has 6 heteroatoms. The molecule has 0 N–H and O–H groups in total. The molecule has 3 rings (SSSR count). The van der Waals surface area contributed by atoms with E-state index in [-0.39, 0.29) is 5.91 Å². The molecular formula is C21H25ClN2O3. The van der Waals surface area contributed by atoms with E-state index in [2.05, 4.69) is 11.0 Å². The van der Waals surface area contributed by atoms with Crippen LogP contribution in [0.25, 0.3) is 0 Å². The second kappa shape index (κ2) is 9.11. The summed E-state index contributed by atoms with van der Waals surface area (Å²) in [5, 5.41) is 0.645. The molecule has 0 bridgehead atoms. The topological polar surface area (TPSA) is 42.0 Å². The van der Waals surface area contributed by atoms with Gasteiger partial charge in [0.05, 0.1) is 14.2 Å². The minimum atomic E-state index is 0.0752. The van der Waals surface area contributed by atoms with Gasteiger partial charge in [0.25, 0.3) is 5.91 Å². The Hall–Kier alpha value is -2.24. The molecule has 2 aromatic rings. The van der Waals surface area contributed by atoms with E-state index in [1.165, 1.54) is 5.56 Å². The van der Waals surface area contributed by atoms with Gasteiger partial charge < -0.3 is 14.4 Å².